The van der Waals surface area contributed by atoms with Crippen LogP contribution in [-0.4, -0.2) is 50.9 Å². The fourth-order valence-corrected chi connectivity index (χ4v) is 3.23. The van der Waals surface area contributed by atoms with E-state index in [1.807, 2.05) is 12.1 Å². The Morgan fingerprint density at radius 3 is 2.32 bits per heavy atom. The van der Waals surface area contributed by atoms with Crippen LogP contribution < -0.4 is 10.6 Å². The van der Waals surface area contributed by atoms with Crippen LogP contribution in [0.3, 0.4) is 0 Å². The number of aromatic amines is 1. The van der Waals surface area contributed by atoms with E-state index >= 15 is 0 Å². The second kappa shape index (κ2) is 11.8. The van der Waals surface area contributed by atoms with Gasteiger partial charge >= 0.3 is 5.97 Å². The van der Waals surface area contributed by atoms with Crippen molar-refractivity contribution in [3.63, 3.8) is 0 Å². The summed E-state index contributed by atoms with van der Waals surface area (Å²) in [7, 11) is 0. The van der Waals surface area contributed by atoms with Crippen LogP contribution in [0.25, 0.3) is 22.4 Å². The van der Waals surface area contributed by atoms with Crippen molar-refractivity contribution in [2.75, 3.05) is 18.4 Å². The molecular formula is C22H28FN5O3. The van der Waals surface area contributed by atoms with Crippen molar-refractivity contribution < 1.29 is 19.8 Å². The molecule has 0 spiro atoms. The van der Waals surface area contributed by atoms with Gasteiger partial charge in [0.05, 0.1) is 11.3 Å². The molecule has 8 nitrogen and oxygen atoms in total. The van der Waals surface area contributed by atoms with E-state index in [1.165, 1.54) is 12.1 Å². The predicted octanol–water partition coefficient (Wildman–Crippen LogP) is 3.10. The number of pyridine rings is 1. The minimum Gasteiger partial charge on any atom is -0.481 e. The predicted molar refractivity (Wildman–Crippen MR) is 118 cm³/mol. The van der Waals surface area contributed by atoms with Crippen LogP contribution in [0, 0.1) is 5.82 Å². The van der Waals surface area contributed by atoms with Gasteiger partial charge in [-0.05, 0) is 67.9 Å². The zero-order chi connectivity index (χ0) is 21.3. The van der Waals surface area contributed by atoms with Crippen molar-refractivity contribution in [1.82, 2.24) is 20.5 Å². The Bertz CT molecular complexity index is 942. The molecule has 1 aromatic carbocycles. The van der Waals surface area contributed by atoms with Crippen molar-refractivity contribution in [3.05, 3.63) is 54.6 Å². The smallest absolute Gasteiger partial charge is 0.303 e. The Kier molecular flexibility index (Phi) is 9.11. The van der Waals surface area contributed by atoms with E-state index in [1.54, 1.807) is 31.5 Å². The second-order valence-electron chi connectivity index (χ2n) is 6.98. The number of anilines is 1. The van der Waals surface area contributed by atoms with Crippen molar-refractivity contribution in [1.29, 1.82) is 0 Å². The fraction of sp³-hybridized carbons (Fsp3) is 0.318. The lowest BCUT2D eigenvalue weighted by molar-refractivity contribution is -0.136. The van der Waals surface area contributed by atoms with Gasteiger partial charge in [0.2, 0.25) is 0 Å². The molecule has 166 valence electrons. The molecule has 1 aliphatic heterocycles. The zero-order valence-electron chi connectivity index (χ0n) is 17.4. The van der Waals surface area contributed by atoms with Gasteiger partial charge in [0.25, 0.3) is 0 Å². The molecule has 3 aromatic rings. The van der Waals surface area contributed by atoms with Gasteiger partial charge in [-0.1, -0.05) is 6.92 Å². The number of piperidine rings is 1. The summed E-state index contributed by atoms with van der Waals surface area (Å²) in [5.41, 5.74) is 3.80. The average molecular weight is 429 g/mol. The lowest BCUT2D eigenvalue weighted by Gasteiger charge is -2.24. The molecule has 1 aliphatic rings. The quantitative estimate of drug-likeness (QED) is 0.492. The molecule has 0 aliphatic carbocycles. The van der Waals surface area contributed by atoms with Crippen LogP contribution in [0.5, 0.6) is 0 Å². The molecule has 9 heteroatoms. The number of aromatic nitrogens is 3. The van der Waals surface area contributed by atoms with Crippen molar-refractivity contribution in [2.24, 2.45) is 0 Å². The number of benzene rings is 1. The van der Waals surface area contributed by atoms with Crippen LogP contribution in [0.4, 0.5) is 10.2 Å². The molecule has 0 atom stereocenters. The number of H-pyrrole nitrogens is 1. The Labute approximate surface area is 180 Å². The SMILES string of the molecule is CCC(=O)O.Fc1ccc(-c2[nH]nc(NC3CCNCC3)c2-c2ccncc2)cc1.O. The zero-order valence-corrected chi connectivity index (χ0v) is 17.4. The van der Waals surface area contributed by atoms with Crippen molar-refractivity contribution >= 4 is 11.8 Å². The molecule has 0 radical (unpaired) electrons. The molecule has 0 bridgehead atoms. The first-order valence-corrected chi connectivity index (χ1v) is 10.0. The van der Waals surface area contributed by atoms with Crippen LogP contribution in [0.15, 0.2) is 48.8 Å². The number of aliphatic carboxylic acids is 1. The third-order valence-electron chi connectivity index (χ3n) is 4.85. The molecule has 3 heterocycles. The number of carbonyl (C=O) groups is 1. The molecule has 2 aromatic heterocycles. The minimum atomic E-state index is -0.745. The second-order valence-corrected chi connectivity index (χ2v) is 6.98. The topological polar surface area (TPSA) is 134 Å². The fourth-order valence-electron chi connectivity index (χ4n) is 3.23. The monoisotopic (exact) mass is 429 g/mol. The number of carboxylic acids is 1. The summed E-state index contributed by atoms with van der Waals surface area (Å²) in [6.45, 7) is 3.62. The van der Waals surface area contributed by atoms with Gasteiger partial charge in [0, 0.05) is 30.4 Å². The molecule has 1 fully saturated rings. The van der Waals surface area contributed by atoms with Gasteiger partial charge in [0.1, 0.15) is 5.82 Å². The summed E-state index contributed by atoms with van der Waals surface area (Å²) < 4.78 is 13.3. The molecule has 0 amide bonds. The number of hydrogen-bond donors (Lipinski definition) is 4. The molecular weight excluding hydrogens is 401 g/mol. The molecule has 0 unspecified atom stereocenters. The summed E-state index contributed by atoms with van der Waals surface area (Å²) >= 11 is 0. The van der Waals surface area contributed by atoms with Crippen LogP contribution in [0.2, 0.25) is 0 Å². The average Bonchev–Trinajstić information content (AvgIpc) is 3.19. The van der Waals surface area contributed by atoms with Crippen LogP contribution >= 0.6 is 0 Å². The number of rotatable bonds is 5. The minimum absolute atomic E-state index is 0. The molecule has 31 heavy (non-hydrogen) atoms. The van der Waals surface area contributed by atoms with Gasteiger partial charge in [-0.3, -0.25) is 14.9 Å². The number of hydrogen-bond acceptors (Lipinski definition) is 5. The van der Waals surface area contributed by atoms with Crippen molar-refractivity contribution in [3.8, 4) is 22.4 Å². The molecule has 4 rings (SSSR count). The highest BCUT2D eigenvalue weighted by Crippen LogP contribution is 2.36. The summed E-state index contributed by atoms with van der Waals surface area (Å²) in [5, 5.41) is 22.3. The maximum atomic E-state index is 13.3. The number of carboxylic acid groups (broad SMARTS) is 1. The first kappa shape index (κ1) is 24.0. The van der Waals surface area contributed by atoms with E-state index in [2.05, 4.69) is 25.8 Å². The van der Waals surface area contributed by atoms with E-state index in [9.17, 15) is 9.18 Å². The maximum absolute atomic E-state index is 13.3. The van der Waals surface area contributed by atoms with Crippen LogP contribution in [-0.2, 0) is 4.79 Å². The summed E-state index contributed by atoms with van der Waals surface area (Å²) in [6, 6.07) is 10.8. The first-order valence-electron chi connectivity index (χ1n) is 10.0. The summed E-state index contributed by atoms with van der Waals surface area (Å²) in [6.07, 6.45) is 5.89. The van der Waals surface area contributed by atoms with Gasteiger partial charge in [-0.15, -0.1) is 0 Å². The maximum Gasteiger partial charge on any atom is 0.303 e. The Balaban J connectivity index is 0.000000514. The Morgan fingerprint density at radius 2 is 1.74 bits per heavy atom. The van der Waals surface area contributed by atoms with Gasteiger partial charge in [0.15, 0.2) is 5.82 Å². The lowest BCUT2D eigenvalue weighted by Crippen LogP contribution is -2.35. The van der Waals surface area contributed by atoms with Gasteiger partial charge in [-0.25, -0.2) is 4.39 Å². The van der Waals surface area contributed by atoms with E-state index < -0.39 is 5.97 Å². The van der Waals surface area contributed by atoms with E-state index in [4.69, 9.17) is 5.11 Å². The third kappa shape index (κ3) is 6.59. The van der Waals surface area contributed by atoms with Gasteiger partial charge < -0.3 is 21.2 Å². The highest BCUT2D eigenvalue weighted by molar-refractivity contribution is 5.88. The lowest BCUT2D eigenvalue weighted by atomic mass is 10.0. The Morgan fingerprint density at radius 1 is 1.13 bits per heavy atom. The Hall–Kier alpha value is -3.30. The van der Waals surface area contributed by atoms with Gasteiger partial charge in [-0.2, -0.15) is 5.10 Å². The number of halogens is 1. The third-order valence-corrected chi connectivity index (χ3v) is 4.85. The first-order chi connectivity index (χ1) is 14.6. The van der Waals surface area contributed by atoms with E-state index in [0.717, 1.165) is 54.1 Å². The summed E-state index contributed by atoms with van der Waals surface area (Å²) in [5.74, 6) is -0.163. The highest BCUT2D eigenvalue weighted by Gasteiger charge is 2.20. The summed E-state index contributed by atoms with van der Waals surface area (Å²) in [4.78, 5) is 13.5. The van der Waals surface area contributed by atoms with E-state index in [-0.39, 0.29) is 17.7 Å². The molecule has 6 N–H and O–H groups in total. The normalized spacial score (nSPS) is 13.5. The highest BCUT2D eigenvalue weighted by atomic mass is 19.1. The van der Waals surface area contributed by atoms with Crippen LogP contribution in [0.1, 0.15) is 26.2 Å². The van der Waals surface area contributed by atoms with E-state index in [0.29, 0.717) is 6.04 Å². The number of nitrogens with one attached hydrogen (secondary N) is 3. The van der Waals surface area contributed by atoms with Crippen molar-refractivity contribution in [2.45, 2.75) is 32.2 Å². The molecule has 1 saturated heterocycles. The largest absolute Gasteiger partial charge is 0.481 e. The standard InChI is InChI=1S/C19H20FN5.C3H6O2.H2O/c20-15-3-1-14(2-4-15)18-17(13-5-9-21-10-6-13)19(25-24-18)23-16-7-11-22-12-8-16;1-2-3(4)5;/h1-6,9-10,16,22H,7-8,11-12H2,(H2,23,24,25);2H2,1H3,(H,4,5);1H2. The number of nitrogens with zero attached hydrogens (tertiary/aromatic N) is 2. The molecule has 0 saturated carbocycles.